The van der Waals surface area contributed by atoms with Crippen LogP contribution in [0.25, 0.3) is 22.4 Å². The highest BCUT2D eigenvalue weighted by atomic mass is 19.2. The average Bonchev–Trinajstić information content (AvgIpc) is 3.37. The second-order valence-corrected chi connectivity index (χ2v) is 14.3. The molecular weight excluding hydrogens is 580 g/mol. The van der Waals surface area contributed by atoms with Gasteiger partial charge in [0.2, 0.25) is 5.91 Å². The van der Waals surface area contributed by atoms with E-state index in [-0.39, 0.29) is 13.0 Å². The zero-order valence-electron chi connectivity index (χ0n) is 26.9. The van der Waals surface area contributed by atoms with Crippen molar-refractivity contribution in [3.05, 3.63) is 83.4 Å². The van der Waals surface area contributed by atoms with Crippen LogP contribution in [-0.2, 0) is 17.9 Å². The number of aromatic nitrogens is 2. The molecule has 0 radical (unpaired) electrons. The van der Waals surface area contributed by atoms with Crippen LogP contribution >= 0.6 is 0 Å². The maximum absolute atomic E-state index is 13.9. The Balaban J connectivity index is 1.25. The van der Waals surface area contributed by atoms with E-state index >= 15 is 0 Å². The van der Waals surface area contributed by atoms with Gasteiger partial charge in [-0.1, -0.05) is 12.1 Å². The summed E-state index contributed by atoms with van der Waals surface area (Å²) in [5.74, 6) is 1.35. The van der Waals surface area contributed by atoms with Crippen molar-refractivity contribution in [2.24, 2.45) is 28.9 Å². The molecular formula is C38H45F2N5O. The lowest BCUT2D eigenvalue weighted by molar-refractivity contribution is -0.118. The molecule has 0 spiro atoms. The summed E-state index contributed by atoms with van der Waals surface area (Å²) < 4.78 is 29.8. The van der Waals surface area contributed by atoms with Crippen molar-refractivity contribution in [1.29, 1.82) is 0 Å². The third-order valence-electron chi connectivity index (χ3n) is 11.0. The maximum atomic E-state index is 13.9. The number of fused-ring (bicyclic) bond motifs is 1. The van der Waals surface area contributed by atoms with E-state index < -0.39 is 23.6 Å². The lowest BCUT2D eigenvalue weighted by atomic mass is 9.49. The number of primary amides is 1. The molecule has 4 bridgehead atoms. The fourth-order valence-corrected chi connectivity index (χ4v) is 9.37. The van der Waals surface area contributed by atoms with Crippen LogP contribution in [0.15, 0.2) is 60.7 Å². The zero-order valence-corrected chi connectivity index (χ0v) is 26.9. The number of amides is 1. The summed E-state index contributed by atoms with van der Waals surface area (Å²) in [4.78, 5) is 19.7. The number of nitrogens with zero attached hydrogens (tertiary/aromatic N) is 3. The van der Waals surface area contributed by atoms with E-state index in [1.54, 1.807) is 6.07 Å². The molecule has 6 nitrogen and oxygen atoms in total. The summed E-state index contributed by atoms with van der Waals surface area (Å²) in [6.07, 6.45) is 8.23. The number of hydrogen-bond acceptors (Lipinski definition) is 4. The molecule has 3 aromatic carbocycles. The molecule has 1 amide bonds. The summed E-state index contributed by atoms with van der Waals surface area (Å²) in [7, 11) is 0. The second kappa shape index (κ2) is 12.4. The molecule has 0 saturated heterocycles. The van der Waals surface area contributed by atoms with Crippen molar-refractivity contribution >= 4 is 22.6 Å². The van der Waals surface area contributed by atoms with Gasteiger partial charge in [0.05, 0.1) is 11.0 Å². The number of nitrogens with two attached hydrogens (primary N) is 1. The van der Waals surface area contributed by atoms with Crippen LogP contribution in [0.5, 0.6) is 0 Å². The molecule has 4 aromatic rings. The van der Waals surface area contributed by atoms with Gasteiger partial charge in [0, 0.05) is 49.9 Å². The van der Waals surface area contributed by atoms with E-state index in [2.05, 4.69) is 71.1 Å². The zero-order chi connectivity index (χ0) is 32.0. The molecule has 4 aliphatic carbocycles. The van der Waals surface area contributed by atoms with E-state index in [9.17, 15) is 13.6 Å². The first-order valence-corrected chi connectivity index (χ1v) is 17.0. The molecule has 4 aliphatic rings. The fourth-order valence-electron chi connectivity index (χ4n) is 9.37. The first-order valence-electron chi connectivity index (χ1n) is 17.0. The summed E-state index contributed by atoms with van der Waals surface area (Å²) in [6, 6.07) is 18.5. The molecule has 1 atom stereocenters. The predicted octanol–water partition coefficient (Wildman–Crippen LogP) is 7.75. The van der Waals surface area contributed by atoms with Crippen molar-refractivity contribution < 1.29 is 13.6 Å². The molecule has 0 aliphatic heterocycles. The summed E-state index contributed by atoms with van der Waals surface area (Å²) in [5.41, 5.74) is 11.7. The van der Waals surface area contributed by atoms with Crippen molar-refractivity contribution in [3.63, 3.8) is 0 Å². The van der Waals surface area contributed by atoms with Crippen LogP contribution in [0, 0.1) is 34.8 Å². The Morgan fingerprint density at radius 1 is 0.957 bits per heavy atom. The lowest BCUT2D eigenvalue weighted by Crippen LogP contribution is -2.47. The summed E-state index contributed by atoms with van der Waals surface area (Å²) >= 11 is 0. The molecule has 4 saturated carbocycles. The minimum Gasteiger partial charge on any atom is -0.372 e. The number of anilines is 1. The van der Waals surface area contributed by atoms with Gasteiger partial charge in [0.15, 0.2) is 11.6 Å². The Kier molecular flexibility index (Phi) is 8.34. The molecule has 1 unspecified atom stereocenters. The Bertz CT molecular complexity index is 1690. The van der Waals surface area contributed by atoms with Gasteiger partial charge in [-0.3, -0.25) is 4.79 Å². The Hall–Kier alpha value is -3.78. The number of carbonyl (C=O) groups excluding carboxylic acids is 1. The Labute approximate surface area is 270 Å². The van der Waals surface area contributed by atoms with Crippen molar-refractivity contribution in [2.45, 2.75) is 77.9 Å². The minimum atomic E-state index is -0.894. The maximum Gasteiger partial charge on any atom is 0.219 e. The number of imidazole rings is 1. The highest BCUT2D eigenvalue weighted by Crippen LogP contribution is 2.61. The first-order chi connectivity index (χ1) is 22.2. The van der Waals surface area contributed by atoms with Gasteiger partial charge in [0.25, 0.3) is 0 Å². The topological polar surface area (TPSA) is 76.2 Å². The van der Waals surface area contributed by atoms with Crippen molar-refractivity contribution in [2.75, 3.05) is 18.0 Å². The lowest BCUT2D eigenvalue weighted by Gasteiger charge is -2.57. The molecule has 8 rings (SSSR count). The molecule has 4 fully saturated rings. The van der Waals surface area contributed by atoms with Crippen LogP contribution in [0.4, 0.5) is 14.5 Å². The van der Waals surface area contributed by atoms with Gasteiger partial charge in [-0.2, -0.15) is 0 Å². The van der Waals surface area contributed by atoms with Gasteiger partial charge in [0.1, 0.15) is 5.82 Å². The highest BCUT2D eigenvalue weighted by molar-refractivity contribution is 5.82. The number of nitrogens with one attached hydrogen (secondary N) is 1. The first kappa shape index (κ1) is 30.9. The fraction of sp³-hybridized carbons (Fsp3) is 0.474. The van der Waals surface area contributed by atoms with Gasteiger partial charge in [-0.05, 0) is 135 Å². The standard InChI is InChI=1S/C38H45F2N5O/c1-3-44(4-2)30-9-6-28(7-10-30)37-43-34-17-29(33(18-36(41)46)42-22-24-5-11-31(39)32(40)16-24)8-12-35(34)45(37)23-38-19-25-13-26(20-38)15-27(14-25)21-38/h5-12,16-17,25-27,33,42H,3-4,13-15,18-23H2,1-2H3,(H2,41,46). The van der Waals surface area contributed by atoms with Crippen LogP contribution < -0.4 is 16.0 Å². The van der Waals surface area contributed by atoms with E-state index in [1.807, 2.05) is 0 Å². The average molecular weight is 626 g/mol. The van der Waals surface area contributed by atoms with Crippen molar-refractivity contribution in [3.8, 4) is 11.4 Å². The molecule has 3 N–H and O–H groups in total. The minimum absolute atomic E-state index is 0.0723. The van der Waals surface area contributed by atoms with E-state index in [4.69, 9.17) is 10.7 Å². The Morgan fingerprint density at radius 3 is 2.24 bits per heavy atom. The molecule has 242 valence electrons. The summed E-state index contributed by atoms with van der Waals surface area (Å²) in [6.45, 7) is 7.51. The van der Waals surface area contributed by atoms with E-state index in [0.29, 0.717) is 11.0 Å². The van der Waals surface area contributed by atoms with Crippen LogP contribution in [0.2, 0.25) is 0 Å². The van der Waals surface area contributed by atoms with Gasteiger partial charge >= 0.3 is 0 Å². The number of hydrogen-bond donors (Lipinski definition) is 2. The normalized spacial score (nSPS) is 24.0. The SMILES string of the molecule is CCN(CC)c1ccc(-c2nc3cc(C(CC(N)=O)NCc4ccc(F)c(F)c4)ccc3n2CC23CC4CC(CC(C4)C2)C3)cc1. The Morgan fingerprint density at radius 2 is 1.63 bits per heavy atom. The molecule has 1 heterocycles. The second-order valence-electron chi connectivity index (χ2n) is 14.3. The molecule has 8 heteroatoms. The van der Waals surface area contributed by atoms with E-state index in [0.717, 1.165) is 71.4 Å². The summed E-state index contributed by atoms with van der Waals surface area (Å²) in [5, 5.41) is 3.35. The van der Waals surface area contributed by atoms with Crippen LogP contribution in [-0.4, -0.2) is 28.5 Å². The van der Waals surface area contributed by atoms with Gasteiger partial charge in [-0.25, -0.2) is 13.8 Å². The van der Waals surface area contributed by atoms with Crippen LogP contribution in [0.1, 0.15) is 76.0 Å². The quantitative estimate of drug-likeness (QED) is 0.169. The largest absolute Gasteiger partial charge is 0.372 e. The van der Waals surface area contributed by atoms with Gasteiger partial charge in [-0.15, -0.1) is 0 Å². The van der Waals surface area contributed by atoms with E-state index in [1.165, 1.54) is 50.3 Å². The molecule has 1 aromatic heterocycles. The third-order valence-corrected chi connectivity index (χ3v) is 11.0. The predicted molar refractivity (Wildman–Crippen MR) is 179 cm³/mol. The third kappa shape index (κ3) is 6.04. The number of carbonyl (C=O) groups is 1. The molecule has 46 heavy (non-hydrogen) atoms. The van der Waals surface area contributed by atoms with Crippen molar-refractivity contribution in [1.82, 2.24) is 14.9 Å². The monoisotopic (exact) mass is 625 g/mol. The van der Waals surface area contributed by atoms with Gasteiger partial charge < -0.3 is 20.5 Å². The number of rotatable bonds is 12. The smallest absolute Gasteiger partial charge is 0.219 e. The van der Waals surface area contributed by atoms with Crippen LogP contribution in [0.3, 0.4) is 0 Å². The number of benzene rings is 3. The number of halogens is 2. The highest BCUT2D eigenvalue weighted by Gasteiger charge is 2.51.